The van der Waals surface area contributed by atoms with Crippen molar-refractivity contribution >= 4 is 11.6 Å². The van der Waals surface area contributed by atoms with Gasteiger partial charge in [-0.2, -0.15) is 0 Å². The van der Waals surface area contributed by atoms with Crippen molar-refractivity contribution in [1.29, 1.82) is 0 Å². The highest BCUT2D eigenvalue weighted by Crippen LogP contribution is 2.18. The minimum atomic E-state index is -0.196. The van der Waals surface area contributed by atoms with Gasteiger partial charge in [-0.15, -0.1) is 0 Å². The van der Waals surface area contributed by atoms with Gasteiger partial charge in [0.2, 0.25) is 5.76 Å². The smallest absolute Gasteiger partial charge is 0.290 e. The molecule has 7 heavy (non-hydrogen) atoms. The lowest BCUT2D eigenvalue weighted by atomic mass is 10.6. The van der Waals surface area contributed by atoms with Gasteiger partial charge in [0.15, 0.2) is 0 Å². The Morgan fingerprint density at radius 1 is 1.57 bits per heavy atom. The average molecular weight is 123 g/mol. The van der Waals surface area contributed by atoms with E-state index in [0.717, 1.165) is 0 Å². The Morgan fingerprint density at radius 3 is 2.29 bits per heavy atom. The van der Waals surface area contributed by atoms with E-state index in [1.54, 1.807) is 0 Å². The first-order valence-corrected chi connectivity index (χ1v) is 2.06. The van der Waals surface area contributed by atoms with Gasteiger partial charge in [-0.05, 0) is 11.6 Å². The Balaban J connectivity index is 2.66. The van der Waals surface area contributed by atoms with Gasteiger partial charge >= 0.3 is 0 Å². The van der Waals surface area contributed by atoms with Crippen LogP contribution in [0.2, 0.25) is 5.22 Å². The van der Waals surface area contributed by atoms with Gasteiger partial charge in [0.25, 0.3) is 5.22 Å². The summed E-state index contributed by atoms with van der Waals surface area (Å²) >= 11 is 5.19. The highest BCUT2D eigenvalue weighted by Gasteiger charge is 2.08. The van der Waals surface area contributed by atoms with Crippen LogP contribution in [0.25, 0.3) is 0 Å². The van der Waals surface area contributed by atoms with E-state index in [1.165, 1.54) is 0 Å². The summed E-state index contributed by atoms with van der Waals surface area (Å²) in [6.45, 7) is -0.196. The molecule has 1 heterocycles. The van der Waals surface area contributed by atoms with Gasteiger partial charge in [-0.1, -0.05) is 0 Å². The van der Waals surface area contributed by atoms with Crippen LogP contribution < -0.4 is 0 Å². The molecule has 1 N–H and O–H groups in total. The van der Waals surface area contributed by atoms with Crippen LogP contribution in [-0.2, 0) is 6.61 Å². The summed E-state index contributed by atoms with van der Waals surface area (Å²) < 4.78 is 8.31. The first kappa shape index (κ1) is 4.74. The minimum absolute atomic E-state index is 0.141. The fourth-order valence-corrected chi connectivity index (χ4v) is 0.343. The number of hydrogen-bond donors (Lipinski definition) is 1. The lowest BCUT2D eigenvalue weighted by Gasteiger charge is -1.95. The highest BCUT2D eigenvalue weighted by molar-refractivity contribution is 6.29. The molecule has 40 valence electrons. The van der Waals surface area contributed by atoms with Crippen molar-refractivity contribution < 1.29 is 14.3 Å². The van der Waals surface area contributed by atoms with Gasteiger partial charge in [0, 0.05) is 0 Å². The van der Waals surface area contributed by atoms with Crippen LogP contribution in [0.5, 0.6) is 0 Å². The molecule has 3 nitrogen and oxygen atoms in total. The quantitative estimate of drug-likeness (QED) is 0.566. The largest absolute Gasteiger partial charge is 0.388 e. The van der Waals surface area contributed by atoms with Gasteiger partial charge in [0.1, 0.15) is 6.61 Å². The summed E-state index contributed by atoms with van der Waals surface area (Å²) in [5, 5.41) is 8.35. The predicted octanol–water partition coefficient (Wildman–Crippen LogP) is 1.02. The van der Waals surface area contributed by atoms with E-state index in [0.29, 0.717) is 5.76 Å². The van der Waals surface area contributed by atoms with Gasteiger partial charge < -0.3 is 5.11 Å². The van der Waals surface area contributed by atoms with Crippen LogP contribution in [0.3, 0.4) is 0 Å². The first-order chi connectivity index (χ1) is 3.34. The van der Waals surface area contributed by atoms with Crippen molar-refractivity contribution in [2.45, 2.75) is 6.61 Å². The predicted molar refractivity (Wildman–Crippen MR) is 21.9 cm³/mol. The molecule has 0 unspecified atom stereocenters. The number of aliphatic hydroxyl groups is 1. The molecule has 0 aliphatic carbocycles. The highest BCUT2D eigenvalue weighted by atomic mass is 35.5. The third kappa shape index (κ3) is 0.642. The fraction of sp³-hybridized carbons (Fsp3) is 0.333. The molecule has 0 atom stereocenters. The van der Waals surface area contributed by atoms with Gasteiger partial charge in [-0.25, -0.2) is 0 Å². The summed E-state index contributed by atoms with van der Waals surface area (Å²) in [4.78, 5) is 0. The number of rotatable bonds is 1. The zero-order valence-corrected chi connectivity index (χ0v) is 4.10. The lowest BCUT2D eigenvalue weighted by Crippen LogP contribution is -1.85. The second kappa shape index (κ2) is 1.60. The molecule has 0 amide bonds. The summed E-state index contributed by atoms with van der Waals surface area (Å²) in [7, 11) is 0. The van der Waals surface area contributed by atoms with Crippen molar-refractivity contribution in [2.24, 2.45) is 0 Å². The van der Waals surface area contributed by atoms with Crippen LogP contribution in [0.4, 0.5) is 0 Å². The fourth-order valence-electron chi connectivity index (χ4n) is 0.221. The van der Waals surface area contributed by atoms with E-state index < -0.39 is 0 Å². The van der Waals surface area contributed by atoms with E-state index in [1.807, 2.05) is 0 Å². The van der Waals surface area contributed by atoms with Crippen LogP contribution in [-0.4, -0.2) is 5.11 Å². The molecular formula is C3H3ClO3. The van der Waals surface area contributed by atoms with Crippen LogP contribution in [0, 0.1) is 0 Å². The first-order valence-electron chi connectivity index (χ1n) is 1.68. The zero-order valence-electron chi connectivity index (χ0n) is 3.35. The van der Waals surface area contributed by atoms with E-state index in [4.69, 9.17) is 16.7 Å². The van der Waals surface area contributed by atoms with Gasteiger partial charge in [0.05, 0.1) is 0 Å². The Bertz CT molecular complexity index is 143. The number of halogens is 1. The molecular weight excluding hydrogens is 119 g/mol. The molecule has 0 bridgehead atoms. The molecule has 4 heteroatoms. The van der Waals surface area contributed by atoms with Crippen molar-refractivity contribution in [1.82, 2.24) is 0 Å². The van der Waals surface area contributed by atoms with Crippen LogP contribution >= 0.6 is 11.6 Å². The molecule has 0 radical (unpaired) electrons. The Hall–Kier alpha value is -0.410. The monoisotopic (exact) mass is 122 g/mol. The van der Waals surface area contributed by atoms with E-state index in [9.17, 15) is 0 Å². The summed E-state index contributed by atoms with van der Waals surface area (Å²) in [5.41, 5.74) is 0. The third-order valence-electron chi connectivity index (χ3n) is 0.578. The molecule has 1 aromatic heterocycles. The topological polar surface area (TPSA) is 46.5 Å². The van der Waals surface area contributed by atoms with Crippen molar-refractivity contribution in [3.05, 3.63) is 11.0 Å². The Labute approximate surface area is 44.4 Å². The standard InChI is InChI=1S/C3H3ClO3/c4-3-2(1-5)6-7-3/h5H,1H2. The van der Waals surface area contributed by atoms with Crippen molar-refractivity contribution in [3.8, 4) is 0 Å². The maximum atomic E-state index is 8.21. The molecule has 1 rings (SSSR count). The molecule has 0 aliphatic heterocycles. The molecule has 0 fully saturated rings. The summed E-state index contributed by atoms with van der Waals surface area (Å²) in [6, 6.07) is 0. The Morgan fingerprint density at radius 2 is 2.29 bits per heavy atom. The van der Waals surface area contributed by atoms with Crippen molar-refractivity contribution in [3.63, 3.8) is 0 Å². The van der Waals surface area contributed by atoms with Gasteiger partial charge in [-0.3, -0.25) is 9.15 Å². The second-order valence-corrected chi connectivity index (χ2v) is 1.36. The number of hydrogen-bond acceptors (Lipinski definition) is 3. The SMILES string of the molecule is OCc1ooc1Cl. The molecule has 0 saturated carbocycles. The molecule has 0 spiro atoms. The maximum Gasteiger partial charge on any atom is 0.290 e. The minimum Gasteiger partial charge on any atom is -0.388 e. The molecule has 0 aromatic carbocycles. The van der Waals surface area contributed by atoms with E-state index in [-0.39, 0.29) is 11.8 Å². The van der Waals surface area contributed by atoms with E-state index >= 15 is 0 Å². The maximum absolute atomic E-state index is 8.21. The third-order valence-corrected chi connectivity index (χ3v) is 0.852. The zero-order chi connectivity index (χ0) is 5.28. The molecule has 0 saturated heterocycles. The van der Waals surface area contributed by atoms with Crippen molar-refractivity contribution in [2.75, 3.05) is 0 Å². The number of aliphatic hydroxyl groups excluding tert-OH is 1. The van der Waals surface area contributed by atoms with E-state index in [2.05, 4.69) is 9.15 Å². The lowest BCUT2D eigenvalue weighted by molar-refractivity contribution is -0.0298. The second-order valence-electron chi connectivity index (χ2n) is 1.02. The molecule has 1 aromatic rings. The van der Waals surface area contributed by atoms with Crippen LogP contribution in [0.1, 0.15) is 5.76 Å². The summed E-state index contributed by atoms with van der Waals surface area (Å²) in [6.07, 6.45) is 0. The molecule has 0 aliphatic rings. The normalized spacial score (nSPS) is 10.0. The average Bonchev–Trinajstić information content (AvgIpc) is 1.65. The Kier molecular flexibility index (Phi) is 1.08. The van der Waals surface area contributed by atoms with Crippen LogP contribution in [0.15, 0.2) is 9.15 Å². The summed E-state index contributed by atoms with van der Waals surface area (Å²) in [5.74, 6) is 0.293.